The van der Waals surface area contributed by atoms with Crippen LogP contribution in [0.3, 0.4) is 0 Å². The number of carboxylic acids is 1. The molecule has 0 heterocycles. The number of phenolic OH excluding ortho intramolecular Hbond substituents is 1. The van der Waals surface area contributed by atoms with Gasteiger partial charge in [0.05, 0.1) is 0 Å². The summed E-state index contributed by atoms with van der Waals surface area (Å²) in [7, 11) is -0.583. The Morgan fingerprint density at radius 3 is 2.10 bits per heavy atom. The number of aliphatic carboxylic acids is 1. The third-order valence-corrected chi connectivity index (χ3v) is 2.05. The van der Waals surface area contributed by atoms with Crippen molar-refractivity contribution in [2.24, 2.45) is 0 Å². The summed E-state index contributed by atoms with van der Waals surface area (Å²) in [4.78, 5) is 29.3. The zero-order valence-corrected chi connectivity index (χ0v) is 13.6. The fourth-order valence-corrected chi connectivity index (χ4v) is 1.31. The molecule has 0 bridgehead atoms. The van der Waals surface area contributed by atoms with E-state index in [4.69, 9.17) is 15.0 Å². The van der Waals surface area contributed by atoms with Gasteiger partial charge in [0.2, 0.25) is 5.91 Å². The van der Waals surface area contributed by atoms with Crippen molar-refractivity contribution in [3.8, 4) is 5.75 Å². The minimum absolute atomic E-state index is 0. The van der Waals surface area contributed by atoms with Gasteiger partial charge in [0.1, 0.15) is 11.8 Å². The number of benzene rings is 1. The van der Waals surface area contributed by atoms with Gasteiger partial charge in [-0.1, -0.05) is 18.7 Å². The van der Waals surface area contributed by atoms with E-state index in [-0.39, 0.29) is 35.1 Å². The van der Waals surface area contributed by atoms with Crippen LogP contribution in [-0.4, -0.2) is 42.7 Å². The van der Waals surface area contributed by atoms with E-state index in [1.165, 1.54) is 19.1 Å². The molecule has 0 saturated carbocycles. The van der Waals surface area contributed by atoms with Crippen LogP contribution in [0, 0.1) is 0 Å². The standard InChI is InChI=1S/C11H13NO4.CH6OSi.Cu/c1-7(13)12-10(11(15)16)6-8-2-4-9(14)5-3-8;1-3-2;/h2-5,10,14H,6H2,1H3,(H,12,13)(H,15,16);2H,3H2,1H3;. The number of hydrogen-bond donors (Lipinski definition) is 4. The van der Waals surface area contributed by atoms with Gasteiger partial charge in [-0.2, -0.15) is 0 Å². The molecule has 0 aliphatic heterocycles. The maximum absolute atomic E-state index is 10.8. The Labute approximate surface area is 130 Å². The number of rotatable bonds is 4. The van der Waals surface area contributed by atoms with Crippen LogP contribution in [0.1, 0.15) is 12.5 Å². The quantitative estimate of drug-likeness (QED) is 0.555. The summed E-state index contributed by atoms with van der Waals surface area (Å²) in [5.41, 5.74) is 0.735. The molecule has 0 aliphatic carbocycles. The van der Waals surface area contributed by atoms with Crippen LogP contribution in [0.15, 0.2) is 24.3 Å². The Bertz CT molecular complexity index is 413. The number of nitrogens with one attached hydrogen (secondary N) is 1. The van der Waals surface area contributed by atoms with E-state index < -0.39 is 21.8 Å². The molecule has 1 amide bonds. The summed E-state index contributed by atoms with van der Waals surface area (Å²) in [6.45, 7) is 3.09. The molecule has 20 heavy (non-hydrogen) atoms. The van der Waals surface area contributed by atoms with Crippen LogP contribution in [0.5, 0.6) is 5.75 Å². The first-order valence-electron chi connectivity index (χ1n) is 5.79. The molecule has 8 heteroatoms. The monoisotopic (exact) mass is 348 g/mol. The topological polar surface area (TPSA) is 107 Å². The number of phenols is 1. The van der Waals surface area contributed by atoms with E-state index in [0.717, 1.165) is 5.56 Å². The summed E-state index contributed by atoms with van der Waals surface area (Å²) in [6, 6.07) is 5.24. The summed E-state index contributed by atoms with van der Waals surface area (Å²) in [6.07, 6.45) is 0.190. The average molecular weight is 349 g/mol. The van der Waals surface area contributed by atoms with Crippen LogP contribution in [0.4, 0.5) is 0 Å². The van der Waals surface area contributed by atoms with Crippen LogP contribution in [0.25, 0.3) is 0 Å². The number of carboxylic acid groups (broad SMARTS) is 1. The van der Waals surface area contributed by atoms with Gasteiger partial charge in [-0.15, -0.1) is 0 Å². The van der Waals surface area contributed by atoms with E-state index in [1.807, 2.05) is 6.55 Å². The second-order valence-electron chi connectivity index (χ2n) is 3.78. The number of aromatic hydroxyl groups is 1. The molecule has 1 rings (SSSR count). The smallest absolute Gasteiger partial charge is 0.326 e. The molecule has 0 aliphatic rings. The Morgan fingerprint density at radius 2 is 1.75 bits per heavy atom. The molecular formula is C12H19CuNO5Si. The molecule has 0 saturated heterocycles. The summed E-state index contributed by atoms with van der Waals surface area (Å²) in [5, 5.41) is 20.3. The van der Waals surface area contributed by atoms with Gasteiger partial charge in [-0.25, -0.2) is 4.79 Å². The molecule has 1 atom stereocenters. The molecule has 1 aromatic rings. The van der Waals surface area contributed by atoms with Gasteiger partial charge in [-0.05, 0) is 17.7 Å². The number of hydrogen-bond acceptors (Lipinski definition) is 4. The van der Waals surface area contributed by atoms with Crippen molar-refractivity contribution in [2.45, 2.75) is 25.9 Å². The number of carbonyl (C=O) groups is 2. The van der Waals surface area contributed by atoms with Crippen LogP contribution in [0.2, 0.25) is 6.55 Å². The van der Waals surface area contributed by atoms with Crippen molar-refractivity contribution in [2.75, 3.05) is 0 Å². The molecule has 1 radical (unpaired) electrons. The van der Waals surface area contributed by atoms with Crippen LogP contribution < -0.4 is 5.32 Å². The van der Waals surface area contributed by atoms with Crippen molar-refractivity contribution in [1.82, 2.24) is 5.32 Å². The normalized spacial score (nSPS) is 10.9. The summed E-state index contributed by atoms with van der Waals surface area (Å²) in [5.74, 6) is -1.34. The minimum atomic E-state index is -1.08. The molecule has 117 valence electrons. The van der Waals surface area contributed by atoms with E-state index in [2.05, 4.69) is 5.32 Å². The van der Waals surface area contributed by atoms with Crippen molar-refractivity contribution in [3.05, 3.63) is 29.8 Å². The molecule has 1 unspecified atom stereocenters. The maximum atomic E-state index is 10.8. The molecule has 1 aromatic carbocycles. The summed E-state index contributed by atoms with van der Waals surface area (Å²) < 4.78 is 0. The largest absolute Gasteiger partial charge is 0.508 e. The Kier molecular flexibility index (Phi) is 12.0. The average Bonchev–Trinajstić information content (AvgIpc) is 2.31. The third kappa shape index (κ3) is 9.57. The fraction of sp³-hybridized carbons (Fsp3) is 0.333. The second kappa shape index (κ2) is 11.5. The van der Waals surface area contributed by atoms with Gasteiger partial charge in [0, 0.05) is 30.4 Å². The molecule has 0 spiro atoms. The molecule has 6 nitrogen and oxygen atoms in total. The number of amides is 1. The van der Waals surface area contributed by atoms with Crippen molar-refractivity contribution < 1.29 is 41.7 Å². The predicted molar refractivity (Wildman–Crippen MR) is 73.7 cm³/mol. The Balaban J connectivity index is 0. The van der Waals surface area contributed by atoms with E-state index in [9.17, 15) is 9.59 Å². The Morgan fingerprint density at radius 1 is 1.30 bits per heavy atom. The minimum Gasteiger partial charge on any atom is -0.508 e. The zero-order chi connectivity index (χ0) is 14.8. The van der Waals surface area contributed by atoms with E-state index >= 15 is 0 Å². The first kappa shape index (κ1) is 21.0. The van der Waals surface area contributed by atoms with Crippen molar-refractivity contribution in [1.29, 1.82) is 0 Å². The van der Waals surface area contributed by atoms with E-state index in [1.54, 1.807) is 12.1 Å². The SMILES string of the molecule is CC(=O)NC(Cc1ccc(O)cc1)C(=O)O.C[SiH2]O.[Cu]. The molecule has 0 aromatic heterocycles. The van der Waals surface area contributed by atoms with Crippen LogP contribution >= 0.6 is 0 Å². The Hall–Kier alpha value is -1.34. The van der Waals surface area contributed by atoms with Gasteiger partial charge >= 0.3 is 5.97 Å². The van der Waals surface area contributed by atoms with Gasteiger partial charge in [0.15, 0.2) is 9.76 Å². The summed E-state index contributed by atoms with van der Waals surface area (Å²) >= 11 is 0. The third-order valence-electron chi connectivity index (χ3n) is 2.05. The van der Waals surface area contributed by atoms with Gasteiger partial charge in [-0.3, -0.25) is 4.79 Å². The van der Waals surface area contributed by atoms with E-state index in [0.29, 0.717) is 0 Å². The fourth-order valence-electron chi connectivity index (χ4n) is 1.31. The van der Waals surface area contributed by atoms with Crippen molar-refractivity contribution >= 4 is 21.6 Å². The predicted octanol–water partition coefficient (Wildman–Crippen LogP) is -0.368. The molecule has 4 N–H and O–H groups in total. The van der Waals surface area contributed by atoms with Crippen molar-refractivity contribution in [3.63, 3.8) is 0 Å². The van der Waals surface area contributed by atoms with Gasteiger partial charge < -0.3 is 20.3 Å². The second-order valence-corrected chi connectivity index (χ2v) is 4.41. The first-order chi connectivity index (χ1) is 8.90. The number of carbonyl (C=O) groups excluding carboxylic acids is 1. The molecular weight excluding hydrogens is 330 g/mol. The zero-order valence-electron chi connectivity index (χ0n) is 11.3. The first-order valence-corrected chi connectivity index (χ1v) is 7.84. The van der Waals surface area contributed by atoms with Gasteiger partial charge in [0.25, 0.3) is 0 Å². The molecule has 0 fully saturated rings. The maximum Gasteiger partial charge on any atom is 0.326 e. The van der Waals surface area contributed by atoms with Crippen LogP contribution in [-0.2, 0) is 33.1 Å².